The van der Waals surface area contributed by atoms with E-state index in [1.807, 2.05) is 0 Å². The molecule has 18 heavy (non-hydrogen) atoms. The number of hydrogen-bond donors (Lipinski definition) is 1. The van der Waals surface area contributed by atoms with Crippen LogP contribution in [-0.4, -0.2) is 42.3 Å². The van der Waals surface area contributed by atoms with Gasteiger partial charge in [0.15, 0.2) is 11.9 Å². The third-order valence-electron chi connectivity index (χ3n) is 3.07. The Balaban J connectivity index is 2.63. The molecule has 0 amide bonds. The lowest BCUT2D eigenvalue weighted by molar-refractivity contribution is -0.170. The van der Waals surface area contributed by atoms with Gasteiger partial charge in [-0.15, -0.1) is 0 Å². The van der Waals surface area contributed by atoms with Crippen molar-refractivity contribution in [2.45, 2.75) is 70.6 Å². The molecule has 5 heteroatoms. The van der Waals surface area contributed by atoms with Gasteiger partial charge >= 0.3 is 5.97 Å². The number of aliphatic hydroxyl groups is 1. The largest absolute Gasteiger partial charge is 0.467 e. The fourth-order valence-electron chi connectivity index (χ4n) is 2.20. The highest BCUT2D eigenvalue weighted by atomic mass is 16.8. The summed E-state index contributed by atoms with van der Waals surface area (Å²) in [6.07, 6.45) is 1.78. The van der Waals surface area contributed by atoms with Gasteiger partial charge in [0.05, 0.1) is 13.2 Å². The van der Waals surface area contributed by atoms with Gasteiger partial charge in [0.25, 0.3) is 0 Å². The van der Waals surface area contributed by atoms with Gasteiger partial charge in [-0.25, -0.2) is 4.79 Å². The SMILES string of the molecule is CCCCC[C@@H]1OC(C)(C)O[C@H]1[C@@H](O)C(=O)OC. The van der Waals surface area contributed by atoms with Crippen LogP contribution in [-0.2, 0) is 19.0 Å². The zero-order valence-corrected chi connectivity index (χ0v) is 11.6. The Hall–Kier alpha value is -0.650. The predicted octanol–water partition coefficient (Wildman–Crippen LogP) is 1.62. The molecule has 1 saturated heterocycles. The molecule has 0 unspecified atom stereocenters. The predicted molar refractivity (Wildman–Crippen MR) is 66.0 cm³/mol. The van der Waals surface area contributed by atoms with E-state index in [1.165, 1.54) is 7.11 Å². The molecule has 0 aromatic heterocycles. The summed E-state index contributed by atoms with van der Waals surface area (Å²) >= 11 is 0. The van der Waals surface area contributed by atoms with Gasteiger partial charge in [0.2, 0.25) is 0 Å². The highest BCUT2D eigenvalue weighted by Gasteiger charge is 2.46. The molecule has 0 saturated carbocycles. The summed E-state index contributed by atoms with van der Waals surface area (Å²) in [5.74, 6) is -1.45. The summed E-state index contributed by atoms with van der Waals surface area (Å²) in [5.41, 5.74) is 0. The van der Waals surface area contributed by atoms with Gasteiger partial charge in [-0.1, -0.05) is 26.2 Å². The minimum absolute atomic E-state index is 0.263. The summed E-state index contributed by atoms with van der Waals surface area (Å²) in [6, 6.07) is 0. The smallest absolute Gasteiger partial charge is 0.337 e. The molecule has 106 valence electrons. The molecule has 1 fully saturated rings. The standard InChI is InChI=1S/C13H24O5/c1-5-6-7-8-9-11(10(14)12(15)16-4)18-13(2,3)17-9/h9-11,14H,5-8H2,1-4H3/t9-,10+,11+/m0/s1. The van der Waals surface area contributed by atoms with Crippen molar-refractivity contribution in [1.82, 2.24) is 0 Å². The first-order chi connectivity index (χ1) is 8.41. The van der Waals surface area contributed by atoms with E-state index in [0.717, 1.165) is 25.7 Å². The second-order valence-electron chi connectivity index (χ2n) is 5.10. The zero-order valence-electron chi connectivity index (χ0n) is 11.6. The Bertz CT molecular complexity index is 277. The Morgan fingerprint density at radius 3 is 2.61 bits per heavy atom. The minimum atomic E-state index is -1.29. The average molecular weight is 260 g/mol. The van der Waals surface area contributed by atoms with Crippen LogP contribution in [0.5, 0.6) is 0 Å². The van der Waals surface area contributed by atoms with Crippen LogP contribution in [0, 0.1) is 0 Å². The summed E-state index contributed by atoms with van der Waals surface area (Å²) in [7, 11) is 1.25. The normalized spacial score (nSPS) is 28.1. The number of aliphatic hydroxyl groups excluding tert-OH is 1. The Kier molecular flexibility index (Phi) is 5.56. The van der Waals surface area contributed by atoms with E-state index in [9.17, 15) is 9.90 Å². The lowest BCUT2D eigenvalue weighted by Crippen LogP contribution is -2.41. The van der Waals surface area contributed by atoms with E-state index in [1.54, 1.807) is 13.8 Å². The molecule has 0 bridgehead atoms. The van der Waals surface area contributed by atoms with Crippen molar-refractivity contribution in [2.75, 3.05) is 7.11 Å². The number of ether oxygens (including phenoxy) is 3. The van der Waals surface area contributed by atoms with Crippen molar-refractivity contribution in [3.8, 4) is 0 Å². The molecule has 0 spiro atoms. The van der Waals surface area contributed by atoms with Gasteiger partial charge < -0.3 is 19.3 Å². The molecule has 0 aliphatic carbocycles. The molecule has 1 heterocycles. The molecule has 0 radical (unpaired) electrons. The van der Waals surface area contributed by atoms with Crippen LogP contribution in [0.4, 0.5) is 0 Å². The monoisotopic (exact) mass is 260 g/mol. The fourth-order valence-corrected chi connectivity index (χ4v) is 2.20. The van der Waals surface area contributed by atoms with Crippen molar-refractivity contribution >= 4 is 5.97 Å². The maximum absolute atomic E-state index is 11.4. The third-order valence-corrected chi connectivity index (χ3v) is 3.07. The highest BCUT2D eigenvalue weighted by Crippen LogP contribution is 2.32. The second-order valence-corrected chi connectivity index (χ2v) is 5.10. The average Bonchev–Trinajstić information content (AvgIpc) is 2.63. The van der Waals surface area contributed by atoms with E-state index < -0.39 is 24.0 Å². The van der Waals surface area contributed by atoms with Crippen LogP contribution < -0.4 is 0 Å². The van der Waals surface area contributed by atoms with Crippen molar-refractivity contribution in [1.29, 1.82) is 0 Å². The summed E-state index contributed by atoms with van der Waals surface area (Å²) < 4.78 is 15.9. The number of esters is 1. The van der Waals surface area contributed by atoms with Crippen LogP contribution in [0.2, 0.25) is 0 Å². The molecule has 0 aromatic rings. The summed E-state index contributed by atoms with van der Waals surface area (Å²) in [6.45, 7) is 5.68. The number of methoxy groups -OCH3 is 1. The topological polar surface area (TPSA) is 65.0 Å². The van der Waals surface area contributed by atoms with Crippen LogP contribution in [0.25, 0.3) is 0 Å². The van der Waals surface area contributed by atoms with Crippen molar-refractivity contribution in [3.63, 3.8) is 0 Å². The molecule has 1 N–H and O–H groups in total. The summed E-state index contributed by atoms with van der Waals surface area (Å²) in [4.78, 5) is 11.4. The minimum Gasteiger partial charge on any atom is -0.467 e. The number of unbranched alkanes of at least 4 members (excludes halogenated alkanes) is 2. The number of carbonyl (C=O) groups is 1. The Morgan fingerprint density at radius 1 is 1.39 bits per heavy atom. The number of carbonyl (C=O) groups excluding carboxylic acids is 1. The Labute approximate surface area is 108 Å². The molecular formula is C13H24O5. The van der Waals surface area contributed by atoms with E-state index >= 15 is 0 Å². The van der Waals surface area contributed by atoms with Gasteiger partial charge in [0, 0.05) is 0 Å². The molecule has 1 aliphatic heterocycles. The van der Waals surface area contributed by atoms with Crippen LogP contribution >= 0.6 is 0 Å². The number of rotatable bonds is 6. The Morgan fingerprint density at radius 2 is 2.06 bits per heavy atom. The number of hydrogen-bond acceptors (Lipinski definition) is 5. The van der Waals surface area contributed by atoms with E-state index in [4.69, 9.17) is 9.47 Å². The zero-order chi connectivity index (χ0) is 13.8. The van der Waals surface area contributed by atoms with Crippen molar-refractivity contribution in [3.05, 3.63) is 0 Å². The lowest BCUT2D eigenvalue weighted by Gasteiger charge is -2.20. The molecule has 3 atom stereocenters. The van der Waals surface area contributed by atoms with E-state index in [0.29, 0.717) is 0 Å². The van der Waals surface area contributed by atoms with Crippen molar-refractivity contribution < 1.29 is 24.1 Å². The first-order valence-corrected chi connectivity index (χ1v) is 6.53. The van der Waals surface area contributed by atoms with E-state index in [2.05, 4.69) is 11.7 Å². The maximum Gasteiger partial charge on any atom is 0.337 e. The molecule has 5 nitrogen and oxygen atoms in total. The highest BCUT2D eigenvalue weighted by molar-refractivity contribution is 5.75. The third kappa shape index (κ3) is 3.93. The molecule has 1 aliphatic rings. The summed E-state index contributed by atoms with van der Waals surface area (Å²) in [5, 5.41) is 9.90. The van der Waals surface area contributed by atoms with Crippen LogP contribution in [0.15, 0.2) is 0 Å². The van der Waals surface area contributed by atoms with E-state index in [-0.39, 0.29) is 6.10 Å². The van der Waals surface area contributed by atoms with Crippen LogP contribution in [0.3, 0.4) is 0 Å². The van der Waals surface area contributed by atoms with Gasteiger partial charge in [-0.2, -0.15) is 0 Å². The lowest BCUT2D eigenvalue weighted by atomic mass is 10.0. The molecular weight excluding hydrogens is 236 g/mol. The van der Waals surface area contributed by atoms with Crippen LogP contribution in [0.1, 0.15) is 46.5 Å². The first-order valence-electron chi connectivity index (χ1n) is 6.53. The fraction of sp³-hybridized carbons (Fsp3) is 0.923. The second kappa shape index (κ2) is 6.50. The maximum atomic E-state index is 11.4. The first kappa shape index (κ1) is 15.4. The quantitative estimate of drug-likeness (QED) is 0.580. The van der Waals surface area contributed by atoms with Gasteiger partial charge in [0.1, 0.15) is 6.10 Å². The molecule has 1 rings (SSSR count). The van der Waals surface area contributed by atoms with Crippen molar-refractivity contribution in [2.24, 2.45) is 0 Å². The van der Waals surface area contributed by atoms with Gasteiger partial charge in [-0.05, 0) is 20.3 Å². The molecule has 0 aromatic carbocycles. The van der Waals surface area contributed by atoms with Gasteiger partial charge in [-0.3, -0.25) is 0 Å².